The van der Waals surface area contributed by atoms with Gasteiger partial charge in [-0.1, -0.05) is 17.7 Å². The highest BCUT2D eigenvalue weighted by molar-refractivity contribution is 6.30. The second kappa shape index (κ2) is 11.3. The molecule has 156 valence electrons. The molecule has 0 radical (unpaired) electrons. The van der Waals surface area contributed by atoms with Crippen molar-refractivity contribution in [2.45, 2.75) is 31.9 Å². The van der Waals surface area contributed by atoms with E-state index in [1.807, 2.05) is 13.0 Å². The zero-order valence-electron chi connectivity index (χ0n) is 15.9. The third kappa shape index (κ3) is 8.05. The fourth-order valence-electron chi connectivity index (χ4n) is 2.48. The van der Waals surface area contributed by atoms with Crippen LogP contribution in [0.5, 0.6) is 5.75 Å². The molecule has 0 aliphatic heterocycles. The topological polar surface area (TPSA) is 101 Å². The van der Waals surface area contributed by atoms with Crippen molar-refractivity contribution in [2.24, 2.45) is 0 Å². The summed E-state index contributed by atoms with van der Waals surface area (Å²) < 4.78 is 18.5. The van der Waals surface area contributed by atoms with Crippen molar-refractivity contribution >= 4 is 23.4 Å². The summed E-state index contributed by atoms with van der Waals surface area (Å²) in [6.07, 6.45) is 2.53. The Morgan fingerprint density at radius 2 is 2.10 bits per heavy atom. The van der Waals surface area contributed by atoms with Crippen LogP contribution in [0.25, 0.3) is 0 Å². The van der Waals surface area contributed by atoms with E-state index in [0.717, 1.165) is 11.6 Å². The number of aromatic nitrogens is 1. The molecule has 3 N–H and O–H groups in total. The molecule has 7 nitrogen and oxygen atoms in total. The Kier molecular flexibility index (Phi) is 8.82. The van der Waals surface area contributed by atoms with Crippen molar-refractivity contribution in [1.29, 1.82) is 0 Å². The summed E-state index contributed by atoms with van der Waals surface area (Å²) in [5.41, 5.74) is 0.864. The zero-order valence-corrected chi connectivity index (χ0v) is 16.7. The summed E-state index contributed by atoms with van der Waals surface area (Å²) in [6, 6.07) is 7.28. The normalized spacial score (nSPS) is 12.7. The second-order valence-electron chi connectivity index (χ2n) is 6.44. The number of halogens is 2. The predicted molar refractivity (Wildman–Crippen MR) is 106 cm³/mol. The molecule has 2 amide bonds. The standard InChI is InChI=1S/C20H23ClFN3O4/c1-13(14-3-2-7-23-11-14)25-19(27)9-15(26)6-8-24-20(28)12-29-16-4-5-17(21)18(22)10-16/h2-5,7,10-11,13,15,26H,6,8-9,12H2,1H3,(H,24,28)(H,25,27). The van der Waals surface area contributed by atoms with Gasteiger partial charge in [0.15, 0.2) is 6.61 Å². The van der Waals surface area contributed by atoms with Crippen LogP contribution >= 0.6 is 11.6 Å². The third-order valence-corrected chi connectivity index (χ3v) is 4.35. The average molecular weight is 424 g/mol. The van der Waals surface area contributed by atoms with Crippen LogP contribution < -0.4 is 15.4 Å². The third-order valence-electron chi connectivity index (χ3n) is 4.04. The smallest absolute Gasteiger partial charge is 0.257 e. The first-order chi connectivity index (χ1) is 13.8. The van der Waals surface area contributed by atoms with Crippen LogP contribution in [0.3, 0.4) is 0 Å². The molecule has 2 rings (SSSR count). The number of pyridine rings is 1. The molecule has 29 heavy (non-hydrogen) atoms. The van der Waals surface area contributed by atoms with E-state index in [0.29, 0.717) is 0 Å². The van der Waals surface area contributed by atoms with Gasteiger partial charge in [0.05, 0.1) is 23.6 Å². The number of hydrogen-bond acceptors (Lipinski definition) is 5. The number of nitrogens with one attached hydrogen (secondary N) is 2. The van der Waals surface area contributed by atoms with Crippen molar-refractivity contribution in [3.05, 3.63) is 59.1 Å². The molecule has 0 aliphatic carbocycles. The zero-order chi connectivity index (χ0) is 21.2. The van der Waals surface area contributed by atoms with Crippen LogP contribution in [-0.2, 0) is 9.59 Å². The van der Waals surface area contributed by atoms with E-state index in [-0.39, 0.29) is 48.7 Å². The van der Waals surface area contributed by atoms with Gasteiger partial charge in [-0.3, -0.25) is 14.6 Å². The van der Waals surface area contributed by atoms with Crippen LogP contribution in [0.2, 0.25) is 5.02 Å². The van der Waals surface area contributed by atoms with E-state index in [1.54, 1.807) is 18.5 Å². The number of carbonyl (C=O) groups is 2. The molecule has 1 heterocycles. The van der Waals surface area contributed by atoms with Gasteiger partial charge in [0.1, 0.15) is 11.6 Å². The lowest BCUT2D eigenvalue weighted by Gasteiger charge is -2.16. The van der Waals surface area contributed by atoms with Crippen LogP contribution in [0.1, 0.15) is 31.4 Å². The van der Waals surface area contributed by atoms with Crippen LogP contribution in [0, 0.1) is 5.82 Å². The van der Waals surface area contributed by atoms with Crippen molar-refractivity contribution < 1.29 is 23.8 Å². The van der Waals surface area contributed by atoms with E-state index in [1.165, 1.54) is 12.1 Å². The van der Waals surface area contributed by atoms with E-state index >= 15 is 0 Å². The minimum absolute atomic E-state index is 0.0327. The Morgan fingerprint density at radius 3 is 2.79 bits per heavy atom. The van der Waals surface area contributed by atoms with Crippen LogP contribution in [0.4, 0.5) is 4.39 Å². The van der Waals surface area contributed by atoms with Crippen LogP contribution in [-0.4, -0.2) is 41.2 Å². The van der Waals surface area contributed by atoms with Crippen LogP contribution in [0.15, 0.2) is 42.7 Å². The van der Waals surface area contributed by atoms with Crippen molar-refractivity contribution in [1.82, 2.24) is 15.6 Å². The number of hydrogen-bond donors (Lipinski definition) is 3. The Morgan fingerprint density at radius 1 is 1.31 bits per heavy atom. The first-order valence-electron chi connectivity index (χ1n) is 9.07. The first kappa shape index (κ1) is 22.6. The molecule has 2 aromatic rings. The summed E-state index contributed by atoms with van der Waals surface area (Å²) >= 11 is 5.57. The molecule has 0 fully saturated rings. The lowest BCUT2D eigenvalue weighted by Crippen LogP contribution is -2.33. The van der Waals surface area contributed by atoms with Gasteiger partial charge in [0.2, 0.25) is 5.91 Å². The van der Waals surface area contributed by atoms with E-state index in [9.17, 15) is 19.1 Å². The number of nitrogens with zero attached hydrogens (tertiary/aromatic N) is 1. The monoisotopic (exact) mass is 423 g/mol. The quantitative estimate of drug-likeness (QED) is 0.544. The molecule has 0 spiro atoms. The lowest BCUT2D eigenvalue weighted by atomic mass is 10.1. The van der Waals surface area contributed by atoms with Gasteiger partial charge in [-0.15, -0.1) is 0 Å². The number of amides is 2. The van der Waals surface area contributed by atoms with Gasteiger partial charge in [0, 0.05) is 25.0 Å². The highest BCUT2D eigenvalue weighted by atomic mass is 35.5. The fourth-order valence-corrected chi connectivity index (χ4v) is 2.59. The largest absolute Gasteiger partial charge is 0.484 e. The fraction of sp³-hybridized carbons (Fsp3) is 0.350. The Hall–Kier alpha value is -2.71. The number of carbonyl (C=O) groups excluding carboxylic acids is 2. The van der Waals surface area contributed by atoms with Gasteiger partial charge in [-0.25, -0.2) is 4.39 Å². The van der Waals surface area contributed by atoms with Gasteiger partial charge in [0.25, 0.3) is 5.91 Å². The van der Waals surface area contributed by atoms with E-state index in [2.05, 4.69) is 15.6 Å². The highest BCUT2D eigenvalue weighted by Crippen LogP contribution is 2.20. The SMILES string of the molecule is CC(NC(=O)CC(O)CCNC(=O)COc1ccc(Cl)c(F)c1)c1cccnc1. The van der Waals surface area contributed by atoms with Crippen molar-refractivity contribution in [2.75, 3.05) is 13.2 Å². The molecule has 0 bridgehead atoms. The minimum atomic E-state index is -0.900. The molecule has 0 saturated carbocycles. The van der Waals surface area contributed by atoms with Gasteiger partial charge in [-0.05, 0) is 37.1 Å². The number of aliphatic hydroxyl groups excluding tert-OH is 1. The second-order valence-corrected chi connectivity index (χ2v) is 6.84. The number of benzene rings is 1. The average Bonchev–Trinajstić information content (AvgIpc) is 2.69. The summed E-state index contributed by atoms with van der Waals surface area (Å²) in [5.74, 6) is -1.18. The molecular formula is C20H23ClFN3O4. The molecule has 0 aliphatic rings. The molecule has 2 unspecified atom stereocenters. The molecular weight excluding hydrogens is 401 g/mol. The Balaban J connectivity index is 1.63. The maximum atomic E-state index is 13.3. The minimum Gasteiger partial charge on any atom is -0.484 e. The maximum Gasteiger partial charge on any atom is 0.257 e. The maximum absolute atomic E-state index is 13.3. The highest BCUT2D eigenvalue weighted by Gasteiger charge is 2.14. The molecule has 9 heteroatoms. The number of ether oxygens (including phenoxy) is 1. The van der Waals surface area contributed by atoms with Gasteiger partial charge >= 0.3 is 0 Å². The first-order valence-corrected chi connectivity index (χ1v) is 9.45. The van der Waals surface area contributed by atoms with E-state index < -0.39 is 17.8 Å². The number of aliphatic hydroxyl groups is 1. The summed E-state index contributed by atoms with van der Waals surface area (Å²) in [5, 5.41) is 15.3. The molecule has 0 saturated heterocycles. The molecule has 2 atom stereocenters. The lowest BCUT2D eigenvalue weighted by molar-refractivity contribution is -0.123. The predicted octanol–water partition coefficient (Wildman–Crippen LogP) is 2.39. The van der Waals surface area contributed by atoms with Gasteiger partial charge in [-0.2, -0.15) is 0 Å². The Bertz CT molecular complexity index is 823. The van der Waals surface area contributed by atoms with Gasteiger partial charge < -0.3 is 20.5 Å². The van der Waals surface area contributed by atoms with Crippen molar-refractivity contribution in [3.8, 4) is 5.75 Å². The summed E-state index contributed by atoms with van der Waals surface area (Å²) in [7, 11) is 0. The number of rotatable bonds is 10. The Labute approximate surface area is 173 Å². The summed E-state index contributed by atoms with van der Waals surface area (Å²) in [6.45, 7) is 1.69. The summed E-state index contributed by atoms with van der Waals surface area (Å²) in [4.78, 5) is 27.8. The van der Waals surface area contributed by atoms with E-state index in [4.69, 9.17) is 16.3 Å². The van der Waals surface area contributed by atoms with Crippen molar-refractivity contribution in [3.63, 3.8) is 0 Å². The molecule has 1 aromatic carbocycles. The molecule has 1 aromatic heterocycles.